The number of hydrogen-bond acceptors (Lipinski definition) is 5. The van der Waals surface area contributed by atoms with Crippen LogP contribution in [0.2, 0.25) is 0 Å². The van der Waals surface area contributed by atoms with Crippen LogP contribution < -0.4 is 5.73 Å². The maximum absolute atomic E-state index is 11.1. The third-order valence-electron chi connectivity index (χ3n) is 3.27. The van der Waals surface area contributed by atoms with E-state index in [0.29, 0.717) is 23.9 Å². The van der Waals surface area contributed by atoms with Crippen molar-refractivity contribution in [3.63, 3.8) is 0 Å². The Hall–Kier alpha value is -2.34. The number of pyridine rings is 1. The molecule has 0 aliphatic carbocycles. The Morgan fingerprint density at radius 1 is 1.40 bits per heavy atom. The number of aryl methyl sites for hydroxylation is 1. The Morgan fingerprint density at radius 2 is 2.10 bits per heavy atom. The van der Waals surface area contributed by atoms with Gasteiger partial charge < -0.3 is 21.1 Å². The lowest BCUT2D eigenvalue weighted by Gasteiger charge is -2.13. The van der Waals surface area contributed by atoms with Crippen molar-refractivity contribution in [3.05, 3.63) is 29.0 Å². The Morgan fingerprint density at radius 3 is 2.70 bits per heavy atom. The molecular formula is C14H16N2O4. The van der Waals surface area contributed by atoms with Crippen LogP contribution in [0.25, 0.3) is 10.9 Å². The first-order chi connectivity index (χ1) is 9.47. The summed E-state index contributed by atoms with van der Waals surface area (Å²) in [5.41, 5.74) is 7.20. The predicted molar refractivity (Wildman–Crippen MR) is 74.9 cm³/mol. The standard InChI is InChI=1S/C14H16N2O4/c1-7-11(14(19)20)16-12-9(15)5-4-8(3-2-6-17)10(12)13(7)18/h4-5,17H,2-3,6,15H2,1H3,(H,16,18)(H,19,20). The summed E-state index contributed by atoms with van der Waals surface area (Å²) in [6, 6.07) is 3.39. The Balaban J connectivity index is 2.79. The number of aromatic carboxylic acids is 1. The summed E-state index contributed by atoms with van der Waals surface area (Å²) in [5.74, 6) is -1.33. The van der Waals surface area contributed by atoms with Crippen LogP contribution in [0.15, 0.2) is 12.1 Å². The van der Waals surface area contributed by atoms with Crippen molar-refractivity contribution in [2.75, 3.05) is 12.3 Å². The molecule has 0 aliphatic heterocycles. The number of fused-ring (bicyclic) bond motifs is 1. The van der Waals surface area contributed by atoms with E-state index in [9.17, 15) is 9.90 Å². The lowest BCUT2D eigenvalue weighted by Crippen LogP contribution is -2.06. The first-order valence-corrected chi connectivity index (χ1v) is 6.22. The second kappa shape index (κ2) is 5.34. The summed E-state index contributed by atoms with van der Waals surface area (Å²) < 4.78 is 0. The normalized spacial score (nSPS) is 10.9. The molecule has 0 radical (unpaired) electrons. The quantitative estimate of drug-likeness (QED) is 0.628. The number of carboxylic acids is 1. The number of aliphatic hydroxyl groups excluding tert-OH is 1. The van der Waals surface area contributed by atoms with E-state index in [1.165, 1.54) is 6.92 Å². The molecule has 0 spiro atoms. The van der Waals surface area contributed by atoms with Crippen LogP contribution in [-0.2, 0) is 6.42 Å². The van der Waals surface area contributed by atoms with Gasteiger partial charge in [0.25, 0.3) is 0 Å². The van der Waals surface area contributed by atoms with Crippen LogP contribution in [0, 0.1) is 6.92 Å². The Kier molecular flexibility index (Phi) is 3.76. The Labute approximate surface area is 115 Å². The van der Waals surface area contributed by atoms with Gasteiger partial charge >= 0.3 is 5.97 Å². The third-order valence-corrected chi connectivity index (χ3v) is 3.27. The maximum Gasteiger partial charge on any atom is 0.354 e. The van der Waals surface area contributed by atoms with Gasteiger partial charge in [0.1, 0.15) is 5.75 Å². The third kappa shape index (κ3) is 2.25. The topological polar surface area (TPSA) is 117 Å². The zero-order chi connectivity index (χ0) is 14.9. The van der Waals surface area contributed by atoms with E-state index in [0.717, 1.165) is 5.56 Å². The number of carboxylic acid groups (broad SMARTS) is 1. The smallest absolute Gasteiger partial charge is 0.354 e. The Bertz CT molecular complexity index is 683. The van der Waals surface area contributed by atoms with Gasteiger partial charge in [0.15, 0.2) is 5.69 Å². The van der Waals surface area contributed by atoms with Crippen LogP contribution in [-0.4, -0.2) is 32.9 Å². The average Bonchev–Trinajstić information content (AvgIpc) is 2.41. The SMILES string of the molecule is Cc1c(C(=O)O)nc2c(N)ccc(CCCO)c2c1O. The molecule has 20 heavy (non-hydrogen) atoms. The van der Waals surface area contributed by atoms with Crippen molar-refractivity contribution in [2.24, 2.45) is 0 Å². The summed E-state index contributed by atoms with van der Waals surface area (Å²) in [6.45, 7) is 1.54. The summed E-state index contributed by atoms with van der Waals surface area (Å²) in [7, 11) is 0. The van der Waals surface area contributed by atoms with E-state index in [1.807, 2.05) is 0 Å². The molecule has 5 N–H and O–H groups in total. The van der Waals surface area contributed by atoms with E-state index in [2.05, 4.69) is 4.98 Å². The molecule has 6 nitrogen and oxygen atoms in total. The molecule has 6 heteroatoms. The van der Waals surface area contributed by atoms with Crippen LogP contribution in [0.1, 0.15) is 28.0 Å². The zero-order valence-electron chi connectivity index (χ0n) is 11.1. The highest BCUT2D eigenvalue weighted by Crippen LogP contribution is 2.35. The molecule has 0 amide bonds. The van der Waals surface area contributed by atoms with Crippen molar-refractivity contribution in [3.8, 4) is 5.75 Å². The van der Waals surface area contributed by atoms with Crippen molar-refractivity contribution in [1.82, 2.24) is 4.98 Å². The molecule has 1 aromatic heterocycles. The molecule has 0 unspecified atom stereocenters. The number of aliphatic hydroxyl groups is 1. The highest BCUT2D eigenvalue weighted by molar-refractivity contribution is 6.01. The van der Waals surface area contributed by atoms with Gasteiger partial charge in [-0.1, -0.05) is 6.07 Å². The van der Waals surface area contributed by atoms with Gasteiger partial charge in [0.05, 0.1) is 11.2 Å². The van der Waals surface area contributed by atoms with Gasteiger partial charge in [0, 0.05) is 17.6 Å². The number of anilines is 1. The van der Waals surface area contributed by atoms with Crippen molar-refractivity contribution in [1.29, 1.82) is 0 Å². The zero-order valence-corrected chi connectivity index (χ0v) is 11.1. The summed E-state index contributed by atoms with van der Waals surface area (Å²) in [5, 5.41) is 28.7. The minimum Gasteiger partial charge on any atom is -0.507 e. The van der Waals surface area contributed by atoms with Gasteiger partial charge in [0.2, 0.25) is 0 Å². The second-order valence-corrected chi connectivity index (χ2v) is 4.60. The van der Waals surface area contributed by atoms with Crippen molar-refractivity contribution in [2.45, 2.75) is 19.8 Å². The number of aromatic hydroxyl groups is 1. The van der Waals surface area contributed by atoms with Crippen LogP contribution in [0.4, 0.5) is 5.69 Å². The summed E-state index contributed by atoms with van der Waals surface area (Å²) in [4.78, 5) is 15.2. The number of nitrogens with zero attached hydrogens (tertiary/aromatic N) is 1. The van der Waals surface area contributed by atoms with Gasteiger partial charge in [-0.2, -0.15) is 0 Å². The fraction of sp³-hybridized carbons (Fsp3) is 0.286. The predicted octanol–water partition coefficient (Wildman–Crippen LogP) is 1.45. The van der Waals surface area contributed by atoms with Gasteiger partial charge in [-0.3, -0.25) is 0 Å². The van der Waals surface area contributed by atoms with Crippen LogP contribution in [0.3, 0.4) is 0 Å². The van der Waals surface area contributed by atoms with E-state index in [4.69, 9.17) is 15.9 Å². The number of hydrogen-bond donors (Lipinski definition) is 4. The van der Waals surface area contributed by atoms with Crippen molar-refractivity contribution >= 4 is 22.6 Å². The molecule has 0 atom stereocenters. The minimum atomic E-state index is -1.21. The average molecular weight is 276 g/mol. The van der Waals surface area contributed by atoms with Crippen molar-refractivity contribution < 1.29 is 20.1 Å². The minimum absolute atomic E-state index is 0.0340. The number of benzene rings is 1. The number of nitrogen functional groups attached to an aromatic ring is 1. The summed E-state index contributed by atoms with van der Waals surface area (Å²) in [6.07, 6.45) is 1.09. The monoisotopic (exact) mass is 276 g/mol. The first-order valence-electron chi connectivity index (χ1n) is 6.22. The number of nitrogens with two attached hydrogens (primary N) is 1. The number of aromatic nitrogens is 1. The second-order valence-electron chi connectivity index (χ2n) is 4.60. The molecule has 0 aliphatic rings. The van der Waals surface area contributed by atoms with E-state index in [1.54, 1.807) is 12.1 Å². The van der Waals surface area contributed by atoms with E-state index >= 15 is 0 Å². The fourth-order valence-electron chi connectivity index (χ4n) is 2.22. The molecular weight excluding hydrogens is 260 g/mol. The lowest BCUT2D eigenvalue weighted by molar-refractivity contribution is 0.0689. The largest absolute Gasteiger partial charge is 0.507 e. The van der Waals surface area contributed by atoms with Gasteiger partial charge in [-0.25, -0.2) is 9.78 Å². The molecule has 0 saturated carbocycles. The lowest BCUT2D eigenvalue weighted by atomic mass is 9.99. The number of rotatable bonds is 4. The van der Waals surface area contributed by atoms with Crippen LogP contribution >= 0.6 is 0 Å². The molecule has 2 rings (SSSR count). The maximum atomic E-state index is 11.1. The van der Waals surface area contributed by atoms with Crippen LogP contribution in [0.5, 0.6) is 5.75 Å². The number of carbonyl (C=O) groups is 1. The highest BCUT2D eigenvalue weighted by atomic mass is 16.4. The van der Waals surface area contributed by atoms with E-state index < -0.39 is 5.97 Å². The molecule has 2 aromatic rings. The fourth-order valence-corrected chi connectivity index (χ4v) is 2.22. The van der Waals surface area contributed by atoms with Gasteiger partial charge in [-0.15, -0.1) is 0 Å². The van der Waals surface area contributed by atoms with Gasteiger partial charge in [-0.05, 0) is 31.4 Å². The molecule has 0 fully saturated rings. The molecule has 0 bridgehead atoms. The molecule has 0 saturated heterocycles. The molecule has 106 valence electrons. The highest BCUT2D eigenvalue weighted by Gasteiger charge is 2.19. The summed E-state index contributed by atoms with van der Waals surface area (Å²) >= 11 is 0. The van der Waals surface area contributed by atoms with E-state index in [-0.39, 0.29) is 29.1 Å². The first kappa shape index (κ1) is 14.1. The molecule has 1 heterocycles. The molecule has 1 aromatic carbocycles.